The molecule has 2 N–H and O–H groups in total. The number of anilines is 2. The van der Waals surface area contributed by atoms with Crippen molar-refractivity contribution in [2.45, 2.75) is 0 Å². The van der Waals surface area contributed by atoms with Gasteiger partial charge >= 0.3 is 0 Å². The lowest BCUT2D eigenvalue weighted by atomic mass is 10.0. The Morgan fingerprint density at radius 2 is 1.46 bits per heavy atom. The first-order valence-corrected chi connectivity index (χ1v) is 8.93. The van der Waals surface area contributed by atoms with Crippen LogP contribution in [-0.2, 0) is 0 Å². The molecule has 0 radical (unpaired) electrons. The van der Waals surface area contributed by atoms with Crippen LogP contribution in [0.25, 0.3) is 0 Å². The van der Waals surface area contributed by atoms with Crippen molar-refractivity contribution in [1.82, 2.24) is 0 Å². The zero-order valence-corrected chi connectivity index (χ0v) is 15.8. The summed E-state index contributed by atoms with van der Waals surface area (Å²) in [6.45, 7) is 0. The molecule has 0 spiro atoms. The second-order valence-corrected chi connectivity index (χ2v) is 6.70. The van der Waals surface area contributed by atoms with Crippen molar-refractivity contribution in [3.8, 4) is 0 Å². The Balaban J connectivity index is 1.81. The highest BCUT2D eigenvalue weighted by Gasteiger charge is 2.14. The summed E-state index contributed by atoms with van der Waals surface area (Å²) in [4.78, 5) is 12.8. The summed E-state index contributed by atoms with van der Waals surface area (Å²) in [6.07, 6.45) is 0. The van der Waals surface area contributed by atoms with Crippen LogP contribution in [0.5, 0.6) is 0 Å². The summed E-state index contributed by atoms with van der Waals surface area (Å²) in [5.41, 5.74) is 2.33. The number of hydrogen-bond donors (Lipinski definition) is 2. The quantitative estimate of drug-likeness (QED) is 0.414. The summed E-state index contributed by atoms with van der Waals surface area (Å²) < 4.78 is 0. The number of nitrogens with one attached hydrogen (secondary N) is 2. The fourth-order valence-electron chi connectivity index (χ4n) is 2.40. The first-order valence-electron chi connectivity index (χ1n) is 7.76. The van der Waals surface area contributed by atoms with E-state index in [2.05, 4.69) is 10.6 Å². The number of para-hydroxylation sites is 1. The van der Waals surface area contributed by atoms with E-state index in [0.29, 0.717) is 37.7 Å². The molecule has 3 rings (SSSR count). The second-order valence-electron chi connectivity index (χ2n) is 5.44. The standard InChI is InChI=1S/C20H14Cl2N2OS/c21-14-10-11-16(22)18(12-14)24-20(26)23-17-9-5-4-8-15(17)19(25)13-6-2-1-3-7-13/h1-12H,(H2,23,24,26). The normalized spacial score (nSPS) is 10.2. The van der Waals surface area contributed by atoms with E-state index in [-0.39, 0.29) is 5.78 Å². The van der Waals surface area contributed by atoms with Gasteiger partial charge < -0.3 is 10.6 Å². The van der Waals surface area contributed by atoms with E-state index in [1.54, 1.807) is 42.5 Å². The molecule has 130 valence electrons. The van der Waals surface area contributed by atoms with Crippen LogP contribution in [0, 0.1) is 0 Å². The number of halogens is 2. The number of benzene rings is 3. The maximum absolute atomic E-state index is 12.8. The summed E-state index contributed by atoms with van der Waals surface area (Å²) in [7, 11) is 0. The first kappa shape index (κ1) is 18.4. The fourth-order valence-corrected chi connectivity index (χ4v) is 2.96. The Hall–Kier alpha value is -2.40. The van der Waals surface area contributed by atoms with E-state index in [1.165, 1.54) is 0 Å². The Morgan fingerprint density at radius 3 is 2.23 bits per heavy atom. The molecule has 0 aliphatic heterocycles. The molecule has 6 heteroatoms. The van der Waals surface area contributed by atoms with Gasteiger partial charge in [0, 0.05) is 16.1 Å². The molecule has 0 saturated heterocycles. The molecule has 0 amide bonds. The highest BCUT2D eigenvalue weighted by atomic mass is 35.5. The topological polar surface area (TPSA) is 41.1 Å². The minimum absolute atomic E-state index is 0.0858. The zero-order chi connectivity index (χ0) is 18.5. The third-order valence-electron chi connectivity index (χ3n) is 3.63. The SMILES string of the molecule is O=C(c1ccccc1)c1ccccc1NC(=S)Nc1cc(Cl)ccc1Cl. The largest absolute Gasteiger partial charge is 0.332 e. The van der Waals surface area contributed by atoms with Gasteiger partial charge in [-0.1, -0.05) is 65.7 Å². The molecule has 0 fully saturated rings. The molecule has 0 bridgehead atoms. The van der Waals surface area contributed by atoms with Gasteiger partial charge in [0.25, 0.3) is 0 Å². The third-order valence-corrected chi connectivity index (χ3v) is 4.40. The van der Waals surface area contributed by atoms with Crippen molar-refractivity contribution in [1.29, 1.82) is 0 Å². The maximum Gasteiger partial charge on any atom is 0.195 e. The van der Waals surface area contributed by atoms with E-state index < -0.39 is 0 Å². The van der Waals surface area contributed by atoms with Crippen LogP contribution in [0.4, 0.5) is 11.4 Å². The lowest BCUT2D eigenvalue weighted by molar-refractivity contribution is 0.103. The van der Waals surface area contributed by atoms with Gasteiger partial charge in [0.15, 0.2) is 10.9 Å². The molecule has 0 aliphatic rings. The van der Waals surface area contributed by atoms with Crippen LogP contribution >= 0.6 is 35.4 Å². The van der Waals surface area contributed by atoms with Gasteiger partial charge in [0.1, 0.15) is 0 Å². The predicted octanol–water partition coefficient (Wildman–Crippen LogP) is 6.03. The summed E-state index contributed by atoms with van der Waals surface area (Å²) in [5, 5.41) is 7.39. The molecular formula is C20H14Cl2N2OS. The molecule has 3 aromatic carbocycles. The van der Waals surface area contributed by atoms with E-state index in [1.807, 2.05) is 30.3 Å². The Morgan fingerprint density at radius 1 is 0.808 bits per heavy atom. The summed E-state index contributed by atoms with van der Waals surface area (Å²) in [5.74, 6) is -0.0858. The lowest BCUT2D eigenvalue weighted by Gasteiger charge is -2.14. The van der Waals surface area contributed by atoms with Crippen molar-refractivity contribution in [3.63, 3.8) is 0 Å². The van der Waals surface area contributed by atoms with Crippen molar-refractivity contribution < 1.29 is 4.79 Å². The molecule has 26 heavy (non-hydrogen) atoms. The van der Waals surface area contributed by atoms with Gasteiger partial charge in [0.05, 0.1) is 16.4 Å². The molecule has 0 unspecified atom stereocenters. The highest BCUT2D eigenvalue weighted by molar-refractivity contribution is 7.80. The van der Waals surface area contributed by atoms with Crippen molar-refractivity contribution in [2.24, 2.45) is 0 Å². The first-order chi connectivity index (χ1) is 12.5. The van der Waals surface area contributed by atoms with E-state index in [0.717, 1.165) is 0 Å². The second kappa shape index (κ2) is 8.32. The van der Waals surface area contributed by atoms with Crippen molar-refractivity contribution in [3.05, 3.63) is 94.0 Å². The van der Waals surface area contributed by atoms with E-state index >= 15 is 0 Å². The number of rotatable bonds is 4. The van der Waals surface area contributed by atoms with Crippen LogP contribution in [0.15, 0.2) is 72.8 Å². The molecular weight excluding hydrogens is 387 g/mol. The molecule has 0 heterocycles. The van der Waals surface area contributed by atoms with Gasteiger partial charge in [-0.25, -0.2) is 0 Å². The molecule has 0 aromatic heterocycles. The highest BCUT2D eigenvalue weighted by Crippen LogP contribution is 2.26. The summed E-state index contributed by atoms with van der Waals surface area (Å²) >= 11 is 17.5. The number of ketones is 1. The number of carbonyl (C=O) groups is 1. The van der Waals surface area contributed by atoms with Gasteiger partial charge in [0.2, 0.25) is 0 Å². The predicted molar refractivity (Wildman–Crippen MR) is 113 cm³/mol. The van der Waals surface area contributed by atoms with Crippen LogP contribution in [0.2, 0.25) is 10.0 Å². The molecule has 3 aromatic rings. The van der Waals surface area contributed by atoms with Gasteiger partial charge in [-0.05, 0) is 42.5 Å². The van der Waals surface area contributed by atoms with E-state index in [9.17, 15) is 4.79 Å². The minimum atomic E-state index is -0.0858. The van der Waals surface area contributed by atoms with Crippen LogP contribution in [0.1, 0.15) is 15.9 Å². The Labute approximate surface area is 167 Å². The average molecular weight is 401 g/mol. The smallest absolute Gasteiger partial charge is 0.195 e. The number of hydrogen-bond acceptors (Lipinski definition) is 2. The van der Waals surface area contributed by atoms with Crippen LogP contribution < -0.4 is 10.6 Å². The molecule has 0 aliphatic carbocycles. The molecule has 0 atom stereocenters. The van der Waals surface area contributed by atoms with Crippen LogP contribution in [-0.4, -0.2) is 10.9 Å². The Kier molecular flexibility index (Phi) is 5.89. The number of thiocarbonyl (C=S) groups is 1. The van der Waals surface area contributed by atoms with Gasteiger partial charge in [-0.3, -0.25) is 4.79 Å². The summed E-state index contributed by atoms with van der Waals surface area (Å²) in [6, 6.07) is 21.3. The molecule has 3 nitrogen and oxygen atoms in total. The van der Waals surface area contributed by atoms with Crippen molar-refractivity contribution >= 4 is 57.7 Å². The number of carbonyl (C=O) groups excluding carboxylic acids is 1. The van der Waals surface area contributed by atoms with Gasteiger partial charge in [-0.2, -0.15) is 0 Å². The minimum Gasteiger partial charge on any atom is -0.332 e. The fraction of sp³-hybridized carbons (Fsp3) is 0. The van der Waals surface area contributed by atoms with Gasteiger partial charge in [-0.15, -0.1) is 0 Å². The Bertz CT molecular complexity index is 961. The molecule has 0 saturated carbocycles. The van der Waals surface area contributed by atoms with Crippen molar-refractivity contribution in [2.75, 3.05) is 10.6 Å². The van der Waals surface area contributed by atoms with Crippen LogP contribution in [0.3, 0.4) is 0 Å². The maximum atomic E-state index is 12.8. The zero-order valence-electron chi connectivity index (χ0n) is 13.5. The average Bonchev–Trinajstić information content (AvgIpc) is 2.65. The lowest BCUT2D eigenvalue weighted by Crippen LogP contribution is -2.21. The van der Waals surface area contributed by atoms with E-state index in [4.69, 9.17) is 35.4 Å². The third kappa shape index (κ3) is 4.41. The monoisotopic (exact) mass is 400 g/mol.